The van der Waals surface area contributed by atoms with Crippen molar-refractivity contribution in [1.29, 1.82) is 0 Å². The lowest BCUT2D eigenvalue weighted by molar-refractivity contribution is -0.385. The molecule has 132 valence electrons. The van der Waals surface area contributed by atoms with Gasteiger partial charge in [0.05, 0.1) is 17.6 Å². The van der Waals surface area contributed by atoms with Gasteiger partial charge in [0.15, 0.2) is 6.79 Å². The van der Waals surface area contributed by atoms with E-state index in [-0.39, 0.29) is 23.4 Å². The van der Waals surface area contributed by atoms with Gasteiger partial charge in [-0.15, -0.1) is 0 Å². The van der Waals surface area contributed by atoms with E-state index in [1.165, 1.54) is 6.07 Å². The summed E-state index contributed by atoms with van der Waals surface area (Å²) >= 11 is 0. The first kappa shape index (κ1) is 16.0. The molecule has 8 heteroatoms. The Morgan fingerprint density at radius 2 is 2.28 bits per heavy atom. The molecule has 3 heterocycles. The number of ether oxygens (including phenoxy) is 2. The normalized spacial score (nSPS) is 20.3. The van der Waals surface area contributed by atoms with E-state index in [2.05, 4.69) is 10.1 Å². The zero-order chi connectivity index (χ0) is 17.4. The van der Waals surface area contributed by atoms with Crippen molar-refractivity contribution in [2.45, 2.75) is 39.0 Å². The van der Waals surface area contributed by atoms with Crippen molar-refractivity contribution in [3.8, 4) is 5.75 Å². The summed E-state index contributed by atoms with van der Waals surface area (Å²) in [6, 6.07) is 5.25. The molecule has 1 aromatic heterocycles. The standard InChI is InChI=1S/C17H19N3O5/c1-11-5-15(18-25-11)16-3-2-4-19(16)8-12-6-14(20(21)22)7-13-9-23-10-24-17(12)13/h5-7,16H,2-4,8-10H2,1H3/t16-/m1/s1. The van der Waals surface area contributed by atoms with Crippen LogP contribution in [-0.2, 0) is 17.9 Å². The molecule has 2 aliphatic rings. The fourth-order valence-electron chi connectivity index (χ4n) is 3.62. The largest absolute Gasteiger partial charge is 0.467 e. The average Bonchev–Trinajstić information content (AvgIpc) is 3.23. The van der Waals surface area contributed by atoms with Crippen molar-refractivity contribution in [2.75, 3.05) is 13.3 Å². The number of hydrogen-bond acceptors (Lipinski definition) is 7. The second-order valence-corrected chi connectivity index (χ2v) is 6.45. The van der Waals surface area contributed by atoms with E-state index >= 15 is 0 Å². The minimum Gasteiger partial charge on any atom is -0.467 e. The minimum atomic E-state index is -0.374. The molecule has 1 saturated heterocycles. The maximum atomic E-state index is 11.3. The van der Waals surface area contributed by atoms with Gasteiger partial charge in [0, 0.05) is 35.9 Å². The van der Waals surface area contributed by atoms with Gasteiger partial charge in [0.1, 0.15) is 17.2 Å². The molecule has 25 heavy (non-hydrogen) atoms. The second-order valence-electron chi connectivity index (χ2n) is 6.45. The average molecular weight is 345 g/mol. The minimum absolute atomic E-state index is 0.0656. The molecule has 1 atom stereocenters. The summed E-state index contributed by atoms with van der Waals surface area (Å²) in [5, 5.41) is 15.4. The number of likely N-dealkylation sites (tertiary alicyclic amines) is 1. The number of nitro benzene ring substituents is 1. The Morgan fingerprint density at radius 3 is 3.04 bits per heavy atom. The molecule has 0 bridgehead atoms. The molecule has 1 aromatic carbocycles. The van der Waals surface area contributed by atoms with Crippen molar-refractivity contribution in [2.24, 2.45) is 0 Å². The van der Waals surface area contributed by atoms with Gasteiger partial charge in [-0.3, -0.25) is 15.0 Å². The van der Waals surface area contributed by atoms with Gasteiger partial charge >= 0.3 is 0 Å². The third kappa shape index (κ3) is 3.10. The third-order valence-electron chi connectivity index (χ3n) is 4.71. The molecular formula is C17H19N3O5. The monoisotopic (exact) mass is 345 g/mol. The van der Waals surface area contributed by atoms with Crippen LogP contribution in [0.4, 0.5) is 5.69 Å². The first-order valence-corrected chi connectivity index (χ1v) is 8.30. The van der Waals surface area contributed by atoms with Gasteiger partial charge in [-0.05, 0) is 26.3 Å². The number of aryl methyl sites for hydroxylation is 1. The van der Waals surface area contributed by atoms with Gasteiger partial charge in [-0.2, -0.15) is 0 Å². The van der Waals surface area contributed by atoms with E-state index < -0.39 is 0 Å². The first-order valence-electron chi connectivity index (χ1n) is 8.30. The Kier molecular flexibility index (Phi) is 4.14. The van der Waals surface area contributed by atoms with Crippen LogP contribution in [0.1, 0.15) is 41.5 Å². The zero-order valence-corrected chi connectivity index (χ0v) is 13.9. The smallest absolute Gasteiger partial charge is 0.270 e. The lowest BCUT2D eigenvalue weighted by Gasteiger charge is -2.26. The summed E-state index contributed by atoms with van der Waals surface area (Å²) in [7, 11) is 0. The van der Waals surface area contributed by atoms with Crippen LogP contribution >= 0.6 is 0 Å². The molecule has 4 rings (SSSR count). The Morgan fingerprint density at radius 1 is 1.40 bits per heavy atom. The fraction of sp³-hybridized carbons (Fsp3) is 0.471. The lowest BCUT2D eigenvalue weighted by Crippen LogP contribution is -2.24. The van der Waals surface area contributed by atoms with Crippen LogP contribution in [0.2, 0.25) is 0 Å². The highest BCUT2D eigenvalue weighted by Crippen LogP contribution is 2.37. The highest BCUT2D eigenvalue weighted by molar-refractivity contribution is 5.50. The van der Waals surface area contributed by atoms with Gasteiger partial charge in [-0.1, -0.05) is 5.16 Å². The molecule has 0 aliphatic carbocycles. The van der Waals surface area contributed by atoms with E-state index in [0.29, 0.717) is 18.9 Å². The number of nitro groups is 1. The van der Waals surface area contributed by atoms with Crippen LogP contribution in [0.15, 0.2) is 22.7 Å². The highest BCUT2D eigenvalue weighted by atomic mass is 16.7. The molecular weight excluding hydrogens is 326 g/mol. The van der Waals surface area contributed by atoms with Crippen LogP contribution in [0.3, 0.4) is 0 Å². The summed E-state index contributed by atoms with van der Waals surface area (Å²) in [4.78, 5) is 13.2. The number of aromatic nitrogens is 1. The summed E-state index contributed by atoms with van der Waals surface area (Å²) in [5.74, 6) is 1.49. The molecule has 0 radical (unpaired) electrons. The molecule has 2 aromatic rings. The van der Waals surface area contributed by atoms with Crippen molar-refractivity contribution >= 4 is 5.69 Å². The van der Waals surface area contributed by atoms with Crippen molar-refractivity contribution < 1.29 is 18.9 Å². The van der Waals surface area contributed by atoms with Gasteiger partial charge in [-0.25, -0.2) is 0 Å². The molecule has 0 saturated carbocycles. The number of nitrogens with zero attached hydrogens (tertiary/aromatic N) is 3. The van der Waals surface area contributed by atoms with Crippen molar-refractivity contribution in [3.05, 3.63) is 50.9 Å². The molecule has 1 fully saturated rings. The second kappa shape index (κ2) is 6.45. The molecule has 0 spiro atoms. The maximum Gasteiger partial charge on any atom is 0.270 e. The molecule has 8 nitrogen and oxygen atoms in total. The lowest BCUT2D eigenvalue weighted by atomic mass is 10.1. The van der Waals surface area contributed by atoms with Crippen LogP contribution in [0.5, 0.6) is 5.75 Å². The predicted molar refractivity (Wildman–Crippen MR) is 87.0 cm³/mol. The maximum absolute atomic E-state index is 11.3. The van der Waals surface area contributed by atoms with Crippen molar-refractivity contribution in [1.82, 2.24) is 10.1 Å². The van der Waals surface area contributed by atoms with E-state index in [1.54, 1.807) is 6.07 Å². The number of hydrogen-bond donors (Lipinski definition) is 0. The van der Waals surface area contributed by atoms with Crippen LogP contribution in [0.25, 0.3) is 0 Å². The zero-order valence-electron chi connectivity index (χ0n) is 13.9. The van der Waals surface area contributed by atoms with Crippen LogP contribution < -0.4 is 4.74 Å². The summed E-state index contributed by atoms with van der Waals surface area (Å²) in [5.41, 5.74) is 2.53. The third-order valence-corrected chi connectivity index (χ3v) is 4.71. The van der Waals surface area contributed by atoms with E-state index in [4.69, 9.17) is 14.0 Å². The topological polar surface area (TPSA) is 90.9 Å². The van der Waals surface area contributed by atoms with Gasteiger partial charge in [0.2, 0.25) is 0 Å². The quantitative estimate of drug-likeness (QED) is 0.621. The van der Waals surface area contributed by atoms with Gasteiger partial charge in [0.25, 0.3) is 5.69 Å². The first-order chi connectivity index (χ1) is 12.1. The summed E-state index contributed by atoms with van der Waals surface area (Å²) < 4.78 is 16.1. The summed E-state index contributed by atoms with van der Waals surface area (Å²) in [6.07, 6.45) is 2.05. The predicted octanol–water partition coefficient (Wildman–Crippen LogP) is 3.09. The number of rotatable bonds is 4. The van der Waals surface area contributed by atoms with Crippen LogP contribution in [0, 0.1) is 17.0 Å². The van der Waals surface area contributed by atoms with Crippen molar-refractivity contribution in [3.63, 3.8) is 0 Å². The van der Waals surface area contributed by atoms with E-state index in [9.17, 15) is 10.1 Å². The van der Waals surface area contributed by atoms with E-state index in [0.717, 1.165) is 42.0 Å². The Labute approximate surface area is 144 Å². The molecule has 0 unspecified atom stereocenters. The number of benzene rings is 1. The molecule has 0 amide bonds. The Bertz CT molecular complexity index is 804. The van der Waals surface area contributed by atoms with Gasteiger partial charge < -0.3 is 14.0 Å². The highest BCUT2D eigenvalue weighted by Gasteiger charge is 2.30. The number of non-ortho nitro benzene ring substituents is 1. The van der Waals surface area contributed by atoms with Crippen LogP contribution in [-0.4, -0.2) is 28.3 Å². The van der Waals surface area contributed by atoms with E-state index in [1.807, 2.05) is 13.0 Å². The number of fused-ring (bicyclic) bond motifs is 1. The molecule has 0 N–H and O–H groups in total. The molecule has 2 aliphatic heterocycles. The Hall–Kier alpha value is -2.45. The Balaban J connectivity index is 1.65. The summed E-state index contributed by atoms with van der Waals surface area (Å²) in [6.45, 7) is 3.85. The fourth-order valence-corrected chi connectivity index (χ4v) is 3.62. The SMILES string of the molecule is Cc1cc([C@H]2CCCN2Cc2cc([N+](=O)[O-])cc3c2OCOC3)no1.